The summed E-state index contributed by atoms with van der Waals surface area (Å²) >= 11 is 0. The van der Waals surface area contributed by atoms with Gasteiger partial charge in [-0.05, 0) is 18.8 Å². The normalized spacial score (nSPS) is 28.5. The van der Waals surface area contributed by atoms with Crippen LogP contribution in [0, 0.1) is 11.8 Å². The van der Waals surface area contributed by atoms with Crippen LogP contribution in [0.1, 0.15) is 32.6 Å². The molecule has 3 heteroatoms. The molecule has 0 aliphatic heterocycles. The Hall–Kier alpha value is -0.570. The van der Waals surface area contributed by atoms with Crippen LogP contribution in [-0.2, 0) is 9.53 Å². The summed E-state index contributed by atoms with van der Waals surface area (Å²) in [5, 5.41) is 8.50. The molecule has 0 aromatic carbocycles. The van der Waals surface area contributed by atoms with E-state index < -0.39 is 0 Å². The van der Waals surface area contributed by atoms with Crippen LogP contribution in [-0.4, -0.2) is 24.3 Å². The summed E-state index contributed by atoms with van der Waals surface area (Å²) in [5.74, 6) is 0.390. The number of carbonyl (C=O) groups excluding carboxylic acids is 1. The molecule has 3 nitrogen and oxygen atoms in total. The summed E-state index contributed by atoms with van der Waals surface area (Å²) in [5.41, 5.74) is 0. The fraction of sp³-hybridized carbons (Fsp3) is 0.900. The summed E-state index contributed by atoms with van der Waals surface area (Å²) in [4.78, 5) is 11.4. The first-order chi connectivity index (χ1) is 6.25. The van der Waals surface area contributed by atoms with Gasteiger partial charge >= 0.3 is 5.97 Å². The van der Waals surface area contributed by atoms with Crippen LogP contribution in [0.25, 0.3) is 0 Å². The fourth-order valence-corrected chi connectivity index (χ4v) is 1.92. The zero-order valence-corrected chi connectivity index (χ0v) is 8.16. The van der Waals surface area contributed by atoms with Gasteiger partial charge in [-0.15, -0.1) is 0 Å². The maximum Gasteiger partial charge on any atom is 0.309 e. The highest BCUT2D eigenvalue weighted by molar-refractivity contribution is 5.72. The number of hydrogen-bond donors (Lipinski definition) is 1. The lowest BCUT2D eigenvalue weighted by atomic mass is 9.80. The second kappa shape index (κ2) is 5.22. The van der Waals surface area contributed by atoms with Crippen molar-refractivity contribution in [3.8, 4) is 0 Å². The highest BCUT2D eigenvalue weighted by atomic mass is 16.5. The molecule has 2 atom stereocenters. The minimum Gasteiger partial charge on any atom is -0.463 e. The van der Waals surface area contributed by atoms with Crippen molar-refractivity contribution in [2.24, 2.45) is 11.8 Å². The first kappa shape index (κ1) is 10.5. The maximum atomic E-state index is 11.4. The number of hydrogen-bond acceptors (Lipinski definition) is 3. The van der Waals surface area contributed by atoms with Crippen LogP contribution in [0.2, 0.25) is 0 Å². The molecule has 0 heterocycles. The summed E-state index contributed by atoms with van der Waals surface area (Å²) < 4.78 is 4.91. The first-order valence-corrected chi connectivity index (χ1v) is 5.03. The molecule has 2 unspecified atom stereocenters. The second-order valence-corrected chi connectivity index (χ2v) is 3.76. The van der Waals surface area contributed by atoms with Crippen LogP contribution >= 0.6 is 0 Å². The number of aliphatic hydroxyl groups is 1. The van der Waals surface area contributed by atoms with Crippen molar-refractivity contribution in [2.75, 3.05) is 13.2 Å². The Bertz CT molecular complexity index is 168. The van der Waals surface area contributed by atoms with Gasteiger partial charge in [0.05, 0.1) is 12.5 Å². The van der Waals surface area contributed by atoms with Crippen molar-refractivity contribution in [2.45, 2.75) is 32.6 Å². The highest BCUT2D eigenvalue weighted by Crippen LogP contribution is 2.30. The summed E-state index contributed by atoms with van der Waals surface area (Å²) in [6.07, 6.45) is 4.43. The standard InChI is InChI=1S/C10H18O3/c1-8-4-2-3-5-9(8)10(12)13-7-6-11/h8-9,11H,2-7H2,1H3. The fourth-order valence-electron chi connectivity index (χ4n) is 1.92. The molecule has 0 saturated heterocycles. The van der Waals surface area contributed by atoms with Crippen molar-refractivity contribution in [3.05, 3.63) is 0 Å². The van der Waals surface area contributed by atoms with Crippen LogP contribution in [0.15, 0.2) is 0 Å². The SMILES string of the molecule is CC1CCCCC1C(=O)OCCO. The molecular weight excluding hydrogens is 168 g/mol. The first-order valence-electron chi connectivity index (χ1n) is 5.03. The quantitative estimate of drug-likeness (QED) is 0.677. The van der Waals surface area contributed by atoms with E-state index >= 15 is 0 Å². The molecule has 1 aliphatic carbocycles. The molecule has 1 N–H and O–H groups in total. The molecule has 0 radical (unpaired) electrons. The Morgan fingerprint density at radius 3 is 2.77 bits per heavy atom. The Balaban J connectivity index is 2.35. The molecule has 0 amide bonds. The lowest BCUT2D eigenvalue weighted by Gasteiger charge is -2.26. The predicted molar refractivity (Wildman–Crippen MR) is 49.2 cm³/mol. The van der Waals surface area contributed by atoms with Gasteiger partial charge < -0.3 is 9.84 Å². The van der Waals surface area contributed by atoms with Gasteiger partial charge in [-0.2, -0.15) is 0 Å². The lowest BCUT2D eigenvalue weighted by Crippen LogP contribution is -2.27. The Labute approximate surface area is 79.1 Å². The van der Waals surface area contributed by atoms with E-state index in [1.165, 1.54) is 6.42 Å². The average molecular weight is 186 g/mol. The van der Waals surface area contributed by atoms with Crippen LogP contribution < -0.4 is 0 Å². The Kier molecular flexibility index (Phi) is 4.22. The van der Waals surface area contributed by atoms with Gasteiger partial charge in [0.25, 0.3) is 0 Å². The van der Waals surface area contributed by atoms with Crippen molar-refractivity contribution in [1.82, 2.24) is 0 Å². The molecule has 1 fully saturated rings. The van der Waals surface area contributed by atoms with Gasteiger partial charge in [0.1, 0.15) is 6.61 Å². The van der Waals surface area contributed by atoms with E-state index in [9.17, 15) is 4.79 Å². The molecule has 0 aromatic heterocycles. The largest absolute Gasteiger partial charge is 0.463 e. The van der Waals surface area contributed by atoms with E-state index in [-0.39, 0.29) is 25.1 Å². The smallest absolute Gasteiger partial charge is 0.309 e. The van der Waals surface area contributed by atoms with Gasteiger partial charge in [-0.25, -0.2) is 0 Å². The minimum absolute atomic E-state index is 0.0697. The summed E-state index contributed by atoms with van der Waals surface area (Å²) in [6, 6.07) is 0. The third-order valence-corrected chi connectivity index (χ3v) is 2.75. The van der Waals surface area contributed by atoms with Gasteiger partial charge in [-0.3, -0.25) is 4.79 Å². The zero-order valence-electron chi connectivity index (χ0n) is 8.16. The Morgan fingerprint density at radius 1 is 1.46 bits per heavy atom. The molecule has 13 heavy (non-hydrogen) atoms. The van der Waals surface area contributed by atoms with E-state index in [0.29, 0.717) is 5.92 Å². The summed E-state index contributed by atoms with van der Waals surface area (Å²) in [6.45, 7) is 2.17. The van der Waals surface area contributed by atoms with Gasteiger partial charge in [0, 0.05) is 0 Å². The molecule has 1 saturated carbocycles. The predicted octanol–water partition coefficient (Wildman–Crippen LogP) is 1.35. The number of carbonyl (C=O) groups is 1. The minimum atomic E-state index is -0.124. The van der Waals surface area contributed by atoms with Crippen molar-refractivity contribution in [3.63, 3.8) is 0 Å². The van der Waals surface area contributed by atoms with E-state index in [2.05, 4.69) is 6.92 Å². The number of aliphatic hydroxyl groups excluding tert-OH is 1. The Morgan fingerprint density at radius 2 is 2.15 bits per heavy atom. The van der Waals surface area contributed by atoms with E-state index in [0.717, 1.165) is 19.3 Å². The number of rotatable bonds is 3. The van der Waals surface area contributed by atoms with E-state index in [1.54, 1.807) is 0 Å². The van der Waals surface area contributed by atoms with Gasteiger partial charge in [-0.1, -0.05) is 19.8 Å². The van der Waals surface area contributed by atoms with Gasteiger partial charge in [0.15, 0.2) is 0 Å². The van der Waals surface area contributed by atoms with Crippen molar-refractivity contribution >= 4 is 5.97 Å². The number of ether oxygens (including phenoxy) is 1. The van der Waals surface area contributed by atoms with Crippen LogP contribution in [0.3, 0.4) is 0 Å². The van der Waals surface area contributed by atoms with Crippen LogP contribution in [0.4, 0.5) is 0 Å². The molecule has 1 rings (SSSR count). The lowest BCUT2D eigenvalue weighted by molar-refractivity contribution is -0.152. The molecule has 1 aliphatic rings. The van der Waals surface area contributed by atoms with Crippen molar-refractivity contribution < 1.29 is 14.6 Å². The average Bonchev–Trinajstić information content (AvgIpc) is 2.15. The molecule has 76 valence electrons. The zero-order chi connectivity index (χ0) is 9.68. The third-order valence-electron chi connectivity index (χ3n) is 2.75. The second-order valence-electron chi connectivity index (χ2n) is 3.76. The topological polar surface area (TPSA) is 46.5 Å². The molecule has 0 aromatic rings. The van der Waals surface area contributed by atoms with Crippen molar-refractivity contribution in [1.29, 1.82) is 0 Å². The van der Waals surface area contributed by atoms with E-state index in [4.69, 9.17) is 9.84 Å². The monoisotopic (exact) mass is 186 g/mol. The third kappa shape index (κ3) is 2.99. The molecule has 0 bridgehead atoms. The summed E-state index contributed by atoms with van der Waals surface area (Å²) in [7, 11) is 0. The number of esters is 1. The molecule has 0 spiro atoms. The van der Waals surface area contributed by atoms with E-state index in [1.807, 2.05) is 0 Å². The highest BCUT2D eigenvalue weighted by Gasteiger charge is 2.28. The van der Waals surface area contributed by atoms with Gasteiger partial charge in [0.2, 0.25) is 0 Å². The maximum absolute atomic E-state index is 11.4. The van der Waals surface area contributed by atoms with Crippen LogP contribution in [0.5, 0.6) is 0 Å². The molecular formula is C10H18O3.